The van der Waals surface area contributed by atoms with Crippen molar-refractivity contribution in [2.75, 3.05) is 7.11 Å². The van der Waals surface area contributed by atoms with E-state index >= 15 is 0 Å². The molecule has 8 atom stereocenters. The molecule has 2 heteroatoms. The fourth-order valence-electron chi connectivity index (χ4n) is 5.94. The van der Waals surface area contributed by atoms with Gasteiger partial charge >= 0.3 is 0 Å². The van der Waals surface area contributed by atoms with Gasteiger partial charge in [-0.3, -0.25) is 0 Å². The lowest BCUT2D eigenvalue weighted by atomic mass is 9.79. The number of hydrogen-bond donors (Lipinski definition) is 0. The van der Waals surface area contributed by atoms with Crippen molar-refractivity contribution in [3.05, 3.63) is 0 Å². The Bertz CT molecular complexity index is 331. The quantitative estimate of drug-likeness (QED) is 0.719. The van der Waals surface area contributed by atoms with Crippen LogP contribution >= 0.6 is 15.9 Å². The Hall–Kier alpha value is 0.440. The minimum atomic E-state index is 0.206. The molecule has 5 rings (SSSR count). The van der Waals surface area contributed by atoms with E-state index in [2.05, 4.69) is 22.9 Å². The summed E-state index contributed by atoms with van der Waals surface area (Å²) in [6, 6.07) is 0. The number of ether oxygens (including phenoxy) is 1. The molecule has 5 aliphatic carbocycles. The Balaban J connectivity index is 1.68. The van der Waals surface area contributed by atoms with Crippen LogP contribution in [-0.2, 0) is 4.74 Å². The fraction of sp³-hybridized carbons (Fsp3) is 1.00. The maximum Gasteiger partial charge on any atom is 0.0839 e. The number of rotatable bonds is 4. The number of unbranched alkanes of at least 4 members (excludes halogenated alkanes) is 1. The zero-order valence-corrected chi connectivity index (χ0v) is 11.7. The van der Waals surface area contributed by atoms with Crippen LogP contribution in [0.25, 0.3) is 0 Å². The molecule has 6 unspecified atom stereocenters. The highest BCUT2D eigenvalue weighted by Gasteiger charge is 2.83. The number of halogens is 1. The van der Waals surface area contributed by atoms with Gasteiger partial charge in [-0.15, -0.1) is 0 Å². The number of methoxy groups -OCH3 is 1. The zero-order valence-electron chi connectivity index (χ0n) is 10.2. The van der Waals surface area contributed by atoms with Crippen LogP contribution in [0.4, 0.5) is 0 Å². The Labute approximate surface area is 106 Å². The molecule has 5 aliphatic rings. The summed E-state index contributed by atoms with van der Waals surface area (Å²) in [6.45, 7) is 2.29. The second kappa shape index (κ2) is 3.06. The highest BCUT2D eigenvalue weighted by molar-refractivity contribution is 9.09. The standard InChI is InChI=1S/C14H21BrO/c1-3-4-5-14(16-2)12-8-6-7-9(10(7)12)11(8)13(14)15/h7-13H,3-6H2,1-2H3/t7?,8?,9?,10?,11?,12?,13-,14+/m0/s1. The summed E-state index contributed by atoms with van der Waals surface area (Å²) in [5, 5.41) is 0. The van der Waals surface area contributed by atoms with Crippen LogP contribution < -0.4 is 0 Å². The summed E-state index contributed by atoms with van der Waals surface area (Å²) in [5.74, 6) is 6.18. The first-order valence-corrected chi connectivity index (χ1v) is 7.87. The summed E-state index contributed by atoms with van der Waals surface area (Å²) in [7, 11) is 1.96. The molecule has 16 heavy (non-hydrogen) atoms. The van der Waals surface area contributed by atoms with Crippen molar-refractivity contribution >= 4 is 15.9 Å². The molecule has 0 amide bonds. The van der Waals surface area contributed by atoms with Gasteiger partial charge in [-0.1, -0.05) is 35.7 Å². The molecule has 0 aromatic heterocycles. The van der Waals surface area contributed by atoms with Crippen molar-refractivity contribution in [1.29, 1.82) is 0 Å². The highest BCUT2D eigenvalue weighted by atomic mass is 79.9. The van der Waals surface area contributed by atoms with E-state index in [1.165, 1.54) is 25.7 Å². The molecule has 0 heterocycles. The first-order valence-electron chi connectivity index (χ1n) is 6.95. The Morgan fingerprint density at radius 3 is 2.62 bits per heavy atom. The van der Waals surface area contributed by atoms with Crippen molar-refractivity contribution in [3.63, 3.8) is 0 Å². The predicted octanol–water partition coefficient (Wildman–Crippen LogP) is 3.47. The fourth-order valence-corrected chi connectivity index (χ4v) is 7.40. The molecule has 0 aliphatic heterocycles. The molecular weight excluding hydrogens is 264 g/mol. The van der Waals surface area contributed by atoms with E-state index in [0.29, 0.717) is 4.83 Å². The lowest BCUT2D eigenvalue weighted by molar-refractivity contribution is -0.0616. The summed E-state index contributed by atoms with van der Waals surface area (Å²) < 4.78 is 6.09. The normalized spacial score (nSPS) is 64.3. The van der Waals surface area contributed by atoms with Gasteiger partial charge in [0.1, 0.15) is 0 Å². The van der Waals surface area contributed by atoms with Gasteiger partial charge in [-0.2, -0.15) is 0 Å². The monoisotopic (exact) mass is 284 g/mol. The van der Waals surface area contributed by atoms with Crippen LogP contribution in [0.1, 0.15) is 32.6 Å². The summed E-state index contributed by atoms with van der Waals surface area (Å²) in [6.07, 6.45) is 5.44. The van der Waals surface area contributed by atoms with Crippen molar-refractivity contribution in [2.24, 2.45) is 35.5 Å². The first kappa shape index (κ1) is 10.4. The van der Waals surface area contributed by atoms with Crippen LogP contribution in [-0.4, -0.2) is 17.5 Å². The molecule has 6 bridgehead atoms. The van der Waals surface area contributed by atoms with Crippen molar-refractivity contribution in [3.8, 4) is 0 Å². The Morgan fingerprint density at radius 2 is 2.06 bits per heavy atom. The van der Waals surface area contributed by atoms with Gasteiger partial charge in [0.2, 0.25) is 0 Å². The molecular formula is C14H21BrO. The molecule has 0 aromatic rings. The lowest BCUT2D eigenvalue weighted by Crippen LogP contribution is -2.47. The van der Waals surface area contributed by atoms with E-state index in [4.69, 9.17) is 4.74 Å². The van der Waals surface area contributed by atoms with Crippen molar-refractivity contribution in [2.45, 2.75) is 43.0 Å². The molecule has 0 spiro atoms. The third-order valence-corrected chi connectivity index (χ3v) is 7.71. The average molecular weight is 285 g/mol. The zero-order chi connectivity index (χ0) is 11.1. The van der Waals surface area contributed by atoms with Crippen molar-refractivity contribution < 1.29 is 4.74 Å². The van der Waals surface area contributed by atoms with Gasteiger partial charge in [0.15, 0.2) is 0 Å². The Kier molecular flexibility index (Phi) is 1.98. The Morgan fingerprint density at radius 1 is 1.25 bits per heavy atom. The van der Waals surface area contributed by atoms with Gasteiger partial charge in [0.25, 0.3) is 0 Å². The summed E-state index contributed by atoms with van der Waals surface area (Å²) in [5.41, 5.74) is 0.206. The second-order valence-corrected chi connectivity index (χ2v) is 7.47. The van der Waals surface area contributed by atoms with Gasteiger partial charge in [0, 0.05) is 11.9 Å². The van der Waals surface area contributed by atoms with Crippen LogP contribution in [0.15, 0.2) is 0 Å². The molecule has 0 radical (unpaired) electrons. The molecule has 1 nitrogen and oxygen atoms in total. The van der Waals surface area contributed by atoms with E-state index in [1.807, 2.05) is 7.11 Å². The third kappa shape index (κ3) is 0.880. The maximum absolute atomic E-state index is 6.09. The largest absolute Gasteiger partial charge is 0.377 e. The maximum atomic E-state index is 6.09. The van der Waals surface area contributed by atoms with Gasteiger partial charge in [0.05, 0.1) is 5.60 Å². The van der Waals surface area contributed by atoms with Crippen molar-refractivity contribution in [1.82, 2.24) is 0 Å². The van der Waals surface area contributed by atoms with Crippen LogP contribution in [0.5, 0.6) is 0 Å². The highest BCUT2D eigenvalue weighted by Crippen LogP contribution is 2.84. The molecule has 0 saturated heterocycles. The van der Waals surface area contributed by atoms with Crippen LogP contribution in [0.2, 0.25) is 0 Å². The van der Waals surface area contributed by atoms with E-state index in [9.17, 15) is 0 Å². The second-order valence-electron chi connectivity index (χ2n) is 6.49. The van der Waals surface area contributed by atoms with Crippen LogP contribution in [0, 0.1) is 35.5 Å². The van der Waals surface area contributed by atoms with Crippen LogP contribution in [0.3, 0.4) is 0 Å². The van der Waals surface area contributed by atoms with Gasteiger partial charge in [-0.05, 0) is 48.3 Å². The summed E-state index contributed by atoms with van der Waals surface area (Å²) in [4.78, 5) is 0.653. The first-order chi connectivity index (χ1) is 7.76. The molecule has 5 fully saturated rings. The minimum Gasteiger partial charge on any atom is -0.377 e. The van der Waals surface area contributed by atoms with E-state index in [0.717, 1.165) is 35.5 Å². The van der Waals surface area contributed by atoms with E-state index < -0.39 is 0 Å². The summed E-state index contributed by atoms with van der Waals surface area (Å²) >= 11 is 4.02. The van der Waals surface area contributed by atoms with E-state index in [1.54, 1.807) is 0 Å². The lowest BCUT2D eigenvalue weighted by Gasteiger charge is -2.40. The molecule has 90 valence electrons. The minimum absolute atomic E-state index is 0.206. The number of hydrogen-bond acceptors (Lipinski definition) is 1. The van der Waals surface area contributed by atoms with Gasteiger partial charge in [-0.25, -0.2) is 0 Å². The predicted molar refractivity (Wildman–Crippen MR) is 67.5 cm³/mol. The number of alkyl halides is 1. The topological polar surface area (TPSA) is 9.23 Å². The molecule has 0 aromatic carbocycles. The third-order valence-electron chi connectivity index (χ3n) is 6.32. The molecule has 0 N–H and O–H groups in total. The van der Waals surface area contributed by atoms with Gasteiger partial charge < -0.3 is 4.74 Å². The average Bonchev–Trinajstić information content (AvgIpc) is 2.70. The molecule has 5 saturated carbocycles. The smallest absolute Gasteiger partial charge is 0.0839 e. The SMILES string of the molecule is CCCC[C@@]1(OC)C2C3CC4C(C42)C3[C@@H]1Br. The van der Waals surface area contributed by atoms with E-state index in [-0.39, 0.29) is 5.60 Å².